The fourth-order valence-electron chi connectivity index (χ4n) is 4.34. The number of carbonyl (C=O) groups excluding carboxylic acids is 2. The number of carbonyl (C=O) groups is 2. The molecule has 2 amide bonds. The molecule has 0 aliphatic carbocycles. The first-order valence-electron chi connectivity index (χ1n) is 11.2. The Bertz CT molecular complexity index is 1060. The van der Waals surface area contributed by atoms with Crippen LogP contribution in [0.3, 0.4) is 0 Å². The molecule has 8 heteroatoms. The zero-order valence-corrected chi connectivity index (χ0v) is 19.7. The summed E-state index contributed by atoms with van der Waals surface area (Å²) < 4.78 is 5.36. The van der Waals surface area contributed by atoms with Crippen molar-refractivity contribution in [3.63, 3.8) is 0 Å². The topological polar surface area (TPSA) is 73.9 Å². The van der Waals surface area contributed by atoms with Gasteiger partial charge >= 0.3 is 12.0 Å². The summed E-state index contributed by atoms with van der Waals surface area (Å²) in [5, 5.41) is 6.25. The molecule has 2 aliphatic heterocycles. The molecule has 1 saturated heterocycles. The molecule has 2 heterocycles. The maximum Gasteiger partial charge on any atom is 0.338 e. The van der Waals surface area contributed by atoms with Gasteiger partial charge in [-0.05, 0) is 49.2 Å². The highest BCUT2D eigenvalue weighted by Crippen LogP contribution is 2.30. The van der Waals surface area contributed by atoms with Crippen LogP contribution in [0.2, 0.25) is 5.02 Å². The van der Waals surface area contributed by atoms with E-state index in [1.165, 1.54) is 11.3 Å². The van der Waals surface area contributed by atoms with Gasteiger partial charge in [0.15, 0.2) is 0 Å². The molecule has 0 unspecified atom stereocenters. The molecule has 7 nitrogen and oxygen atoms in total. The second-order valence-electron chi connectivity index (χ2n) is 8.30. The van der Waals surface area contributed by atoms with Gasteiger partial charge in [-0.25, -0.2) is 9.59 Å². The van der Waals surface area contributed by atoms with Crippen molar-refractivity contribution in [1.29, 1.82) is 0 Å². The number of benzene rings is 2. The summed E-state index contributed by atoms with van der Waals surface area (Å²) in [7, 11) is 0. The fourth-order valence-corrected chi connectivity index (χ4v) is 4.54. The van der Waals surface area contributed by atoms with Crippen molar-refractivity contribution in [2.45, 2.75) is 19.9 Å². The molecule has 1 atom stereocenters. The van der Waals surface area contributed by atoms with E-state index in [4.69, 9.17) is 16.3 Å². The number of hydrogen-bond donors (Lipinski definition) is 2. The average Bonchev–Trinajstić information content (AvgIpc) is 2.79. The minimum atomic E-state index is -0.625. The Labute approximate surface area is 199 Å². The molecular formula is C25H29ClN4O3. The number of nitrogens with one attached hydrogen (secondary N) is 2. The van der Waals surface area contributed by atoms with Crippen molar-refractivity contribution in [1.82, 2.24) is 15.5 Å². The molecule has 33 heavy (non-hydrogen) atoms. The van der Waals surface area contributed by atoms with Crippen LogP contribution >= 0.6 is 11.6 Å². The second-order valence-corrected chi connectivity index (χ2v) is 8.74. The highest BCUT2D eigenvalue weighted by Gasteiger charge is 2.34. The van der Waals surface area contributed by atoms with Crippen molar-refractivity contribution in [2.75, 3.05) is 44.2 Å². The maximum atomic E-state index is 13.0. The summed E-state index contributed by atoms with van der Waals surface area (Å²) in [6.45, 7) is 7.95. The number of amides is 2. The molecule has 4 rings (SSSR count). The van der Waals surface area contributed by atoms with Gasteiger partial charge in [-0.3, -0.25) is 4.90 Å². The zero-order valence-electron chi connectivity index (χ0n) is 18.9. The smallest absolute Gasteiger partial charge is 0.338 e. The number of hydrogen-bond acceptors (Lipinski definition) is 5. The zero-order chi connectivity index (χ0) is 23.4. The van der Waals surface area contributed by atoms with Crippen molar-refractivity contribution >= 4 is 29.3 Å². The van der Waals surface area contributed by atoms with Gasteiger partial charge in [0.2, 0.25) is 0 Å². The fraction of sp³-hybridized carbons (Fsp3) is 0.360. The van der Waals surface area contributed by atoms with Gasteiger partial charge < -0.3 is 20.3 Å². The maximum absolute atomic E-state index is 13.0. The minimum Gasteiger partial charge on any atom is -0.463 e. The second kappa shape index (κ2) is 10.3. The first kappa shape index (κ1) is 23.1. The third kappa shape index (κ3) is 5.49. The van der Waals surface area contributed by atoms with E-state index in [1.807, 2.05) is 6.07 Å². The lowest BCUT2D eigenvalue weighted by atomic mass is 9.95. The van der Waals surface area contributed by atoms with Gasteiger partial charge in [0.25, 0.3) is 0 Å². The minimum absolute atomic E-state index is 0.251. The number of halogens is 1. The molecule has 0 saturated carbocycles. The Kier molecular flexibility index (Phi) is 7.20. The van der Waals surface area contributed by atoms with E-state index in [0.717, 1.165) is 31.7 Å². The van der Waals surface area contributed by atoms with Crippen molar-refractivity contribution in [3.05, 3.63) is 76.0 Å². The van der Waals surface area contributed by atoms with Gasteiger partial charge in [0.1, 0.15) is 0 Å². The lowest BCUT2D eigenvalue weighted by molar-refractivity contribution is -0.139. The van der Waals surface area contributed by atoms with Crippen molar-refractivity contribution in [2.24, 2.45) is 0 Å². The standard InChI is InChI=1S/C25H29ClN4O3/c1-3-33-24(31)22-21(27-25(32)28-23(22)18-7-5-8-19(26)15-18)16-29-10-12-30(13-11-29)20-9-4-6-17(2)14-20/h4-9,14-15,23H,3,10-13,16H2,1-2H3,(H2,27,28,32)/t23-/m1/s1. The summed E-state index contributed by atoms with van der Waals surface area (Å²) in [4.78, 5) is 30.1. The van der Waals surface area contributed by atoms with Crippen LogP contribution in [0.15, 0.2) is 59.8 Å². The summed E-state index contributed by atoms with van der Waals surface area (Å²) >= 11 is 6.18. The van der Waals surface area contributed by atoms with Gasteiger partial charge in [-0.15, -0.1) is 0 Å². The van der Waals surface area contributed by atoms with Crippen molar-refractivity contribution < 1.29 is 14.3 Å². The van der Waals surface area contributed by atoms with Gasteiger partial charge in [-0.2, -0.15) is 0 Å². The molecular weight excluding hydrogens is 440 g/mol. The highest BCUT2D eigenvalue weighted by molar-refractivity contribution is 6.30. The normalized spacial score (nSPS) is 19.2. The predicted octanol–water partition coefficient (Wildman–Crippen LogP) is 3.64. The third-order valence-corrected chi connectivity index (χ3v) is 6.19. The monoisotopic (exact) mass is 468 g/mol. The molecule has 2 aromatic rings. The van der Waals surface area contributed by atoms with Crippen LogP contribution in [-0.2, 0) is 9.53 Å². The molecule has 2 aromatic carbocycles. The van der Waals surface area contributed by atoms with Crippen LogP contribution in [0, 0.1) is 6.92 Å². The van der Waals surface area contributed by atoms with E-state index in [1.54, 1.807) is 25.1 Å². The quantitative estimate of drug-likeness (QED) is 0.633. The van der Waals surface area contributed by atoms with Gasteiger partial charge in [0, 0.05) is 49.1 Å². The molecule has 0 aromatic heterocycles. The molecule has 0 radical (unpaired) electrons. The number of esters is 1. The number of ether oxygens (including phenoxy) is 1. The Hall–Kier alpha value is -3.03. The molecule has 0 spiro atoms. The summed E-state index contributed by atoms with van der Waals surface area (Å²) in [6, 6.07) is 14.7. The van der Waals surface area contributed by atoms with E-state index in [2.05, 4.69) is 51.6 Å². The molecule has 1 fully saturated rings. The molecule has 2 N–H and O–H groups in total. The van der Waals surface area contributed by atoms with E-state index in [9.17, 15) is 9.59 Å². The SMILES string of the molecule is CCOC(=O)C1=C(CN2CCN(c3cccc(C)c3)CC2)NC(=O)N[C@@H]1c1cccc(Cl)c1. The average molecular weight is 469 g/mol. The van der Waals surface area contributed by atoms with E-state index in [0.29, 0.717) is 22.8 Å². The van der Waals surface area contributed by atoms with Crippen LogP contribution in [0.5, 0.6) is 0 Å². The lowest BCUT2D eigenvalue weighted by Gasteiger charge is -2.38. The van der Waals surface area contributed by atoms with E-state index >= 15 is 0 Å². The molecule has 174 valence electrons. The lowest BCUT2D eigenvalue weighted by Crippen LogP contribution is -2.51. The number of anilines is 1. The first-order valence-corrected chi connectivity index (χ1v) is 11.6. The Morgan fingerprint density at radius 1 is 1.12 bits per heavy atom. The molecule has 0 bridgehead atoms. The summed E-state index contributed by atoms with van der Waals surface area (Å²) in [5.41, 5.74) is 4.19. The van der Waals surface area contributed by atoms with E-state index in [-0.39, 0.29) is 12.6 Å². The summed E-state index contributed by atoms with van der Waals surface area (Å²) in [6.07, 6.45) is 0. The Morgan fingerprint density at radius 2 is 1.88 bits per heavy atom. The first-order chi connectivity index (χ1) is 15.9. The highest BCUT2D eigenvalue weighted by atomic mass is 35.5. The van der Waals surface area contributed by atoms with Gasteiger partial charge in [-0.1, -0.05) is 35.9 Å². The molecule has 2 aliphatic rings. The van der Waals surface area contributed by atoms with Crippen LogP contribution in [0.25, 0.3) is 0 Å². The van der Waals surface area contributed by atoms with Gasteiger partial charge in [0.05, 0.1) is 18.2 Å². The number of piperazine rings is 1. The largest absolute Gasteiger partial charge is 0.463 e. The van der Waals surface area contributed by atoms with Crippen LogP contribution in [0.1, 0.15) is 24.1 Å². The Balaban J connectivity index is 1.56. The summed E-state index contributed by atoms with van der Waals surface area (Å²) in [5.74, 6) is -0.441. The Morgan fingerprint density at radius 3 is 2.58 bits per heavy atom. The number of rotatable bonds is 6. The predicted molar refractivity (Wildman–Crippen MR) is 129 cm³/mol. The van der Waals surface area contributed by atoms with Crippen molar-refractivity contribution in [3.8, 4) is 0 Å². The number of urea groups is 1. The van der Waals surface area contributed by atoms with Crippen LogP contribution in [-0.4, -0.2) is 56.2 Å². The number of aryl methyl sites for hydroxylation is 1. The third-order valence-electron chi connectivity index (χ3n) is 5.95. The number of nitrogens with zero attached hydrogens (tertiary/aromatic N) is 2. The van der Waals surface area contributed by atoms with E-state index < -0.39 is 12.0 Å². The van der Waals surface area contributed by atoms with Crippen LogP contribution in [0.4, 0.5) is 10.5 Å². The van der Waals surface area contributed by atoms with Crippen LogP contribution < -0.4 is 15.5 Å².